The Bertz CT molecular complexity index is 1400. The minimum Gasteiger partial charge on any atom is -0.475 e. The molecule has 202 valence electrons. The molecule has 0 radical (unpaired) electrons. The van der Waals surface area contributed by atoms with E-state index in [0.29, 0.717) is 41.6 Å². The molecule has 0 saturated heterocycles. The van der Waals surface area contributed by atoms with Gasteiger partial charge in [-0.3, -0.25) is 9.59 Å². The number of alkyl halides is 3. The third kappa shape index (κ3) is 6.90. The van der Waals surface area contributed by atoms with E-state index in [-0.39, 0.29) is 11.8 Å². The van der Waals surface area contributed by atoms with E-state index < -0.39 is 18.2 Å². The number of pyridine rings is 1. The second-order valence-electron chi connectivity index (χ2n) is 8.51. The first-order chi connectivity index (χ1) is 17.8. The number of aliphatic carboxylic acids is 1. The number of likely N-dealkylation sites (N-methyl/N-ethyl adjacent to an activating group) is 1. The van der Waals surface area contributed by atoms with Crippen molar-refractivity contribution in [3.8, 4) is 0 Å². The average molecular weight is 553 g/mol. The van der Waals surface area contributed by atoms with Crippen LogP contribution in [0.25, 0.3) is 17.0 Å². The summed E-state index contributed by atoms with van der Waals surface area (Å²) in [6, 6.07) is 6.98. The predicted octanol–water partition coefficient (Wildman–Crippen LogP) is 4.31. The lowest BCUT2D eigenvalue weighted by Crippen LogP contribution is -2.34. The third-order valence-electron chi connectivity index (χ3n) is 5.72. The zero-order chi connectivity index (χ0) is 28.2. The van der Waals surface area contributed by atoms with Crippen LogP contribution in [0.4, 0.5) is 19.0 Å². The number of aryl methyl sites for hydroxylation is 2. The molecule has 13 heteroatoms. The molecule has 1 unspecified atom stereocenters. The highest BCUT2D eigenvalue weighted by Gasteiger charge is 2.38. The maximum Gasteiger partial charge on any atom is 0.490 e. The summed E-state index contributed by atoms with van der Waals surface area (Å²) in [4.78, 5) is 39.2. The number of carboxylic acids is 1. The van der Waals surface area contributed by atoms with Crippen LogP contribution in [0.15, 0.2) is 41.0 Å². The van der Waals surface area contributed by atoms with Crippen LogP contribution < -0.4 is 11.1 Å². The van der Waals surface area contributed by atoms with Gasteiger partial charge in [0, 0.05) is 30.3 Å². The number of para-hydroxylation sites is 1. The van der Waals surface area contributed by atoms with E-state index in [0.717, 1.165) is 22.1 Å². The van der Waals surface area contributed by atoms with Gasteiger partial charge < -0.3 is 25.5 Å². The number of carbonyl (C=O) groups excluding carboxylic acids is 2. The maximum atomic E-state index is 12.6. The second-order valence-corrected chi connectivity index (χ2v) is 8.92. The van der Waals surface area contributed by atoms with Gasteiger partial charge in [0.15, 0.2) is 5.58 Å². The SMILES string of the molecule is Cc1c(CN(C)C(=O)/C=C/c2cnc3c(c2)CCC(N)C(=O)N3)oc2c(Cl)cccc12.O=C(O)C(F)(F)F. The van der Waals surface area contributed by atoms with E-state index in [1.807, 2.05) is 25.1 Å². The highest BCUT2D eigenvalue weighted by Crippen LogP contribution is 2.31. The molecule has 1 atom stereocenters. The molecular weight excluding hydrogens is 529 g/mol. The zero-order valence-corrected chi connectivity index (χ0v) is 21.1. The van der Waals surface area contributed by atoms with Crippen molar-refractivity contribution >= 4 is 52.2 Å². The summed E-state index contributed by atoms with van der Waals surface area (Å²) in [6.07, 6.45) is 0.934. The molecule has 9 nitrogen and oxygen atoms in total. The number of anilines is 1. The molecule has 2 aromatic heterocycles. The van der Waals surface area contributed by atoms with Gasteiger partial charge >= 0.3 is 12.1 Å². The van der Waals surface area contributed by atoms with E-state index in [4.69, 9.17) is 31.7 Å². The number of benzene rings is 1. The minimum atomic E-state index is -5.08. The van der Waals surface area contributed by atoms with Gasteiger partial charge in [-0.05, 0) is 49.1 Å². The number of furan rings is 1. The van der Waals surface area contributed by atoms with E-state index in [9.17, 15) is 22.8 Å². The fourth-order valence-electron chi connectivity index (χ4n) is 3.57. The van der Waals surface area contributed by atoms with Gasteiger partial charge in [0.05, 0.1) is 17.6 Å². The molecule has 0 fully saturated rings. The molecule has 1 aliphatic rings. The first kappa shape index (κ1) is 28.7. The number of aromatic nitrogens is 1. The van der Waals surface area contributed by atoms with Crippen molar-refractivity contribution in [2.45, 2.75) is 38.5 Å². The van der Waals surface area contributed by atoms with Crippen LogP contribution in [0.5, 0.6) is 0 Å². The average Bonchev–Trinajstić information content (AvgIpc) is 3.09. The summed E-state index contributed by atoms with van der Waals surface area (Å²) in [5, 5.41) is 11.4. The maximum absolute atomic E-state index is 12.6. The largest absolute Gasteiger partial charge is 0.490 e. The Balaban J connectivity index is 0.000000505. The quantitative estimate of drug-likeness (QED) is 0.410. The van der Waals surface area contributed by atoms with Crippen LogP contribution in [0, 0.1) is 6.92 Å². The summed E-state index contributed by atoms with van der Waals surface area (Å²) in [5.41, 5.74) is 9.10. The number of nitrogens with zero attached hydrogens (tertiary/aromatic N) is 2. The van der Waals surface area contributed by atoms with Crippen molar-refractivity contribution in [3.63, 3.8) is 0 Å². The number of nitrogens with two attached hydrogens (primary N) is 1. The van der Waals surface area contributed by atoms with E-state index >= 15 is 0 Å². The molecular formula is C25H24ClF3N4O5. The molecule has 0 bridgehead atoms. The normalized spacial score (nSPS) is 15.3. The number of fused-ring (bicyclic) bond motifs is 2. The molecule has 1 aromatic carbocycles. The highest BCUT2D eigenvalue weighted by atomic mass is 35.5. The van der Waals surface area contributed by atoms with Crippen LogP contribution >= 0.6 is 11.6 Å². The first-order valence-corrected chi connectivity index (χ1v) is 11.6. The molecule has 3 heterocycles. The number of hydrogen-bond acceptors (Lipinski definition) is 6. The van der Waals surface area contributed by atoms with Gasteiger partial charge in [-0.25, -0.2) is 9.78 Å². The standard InChI is InChI=1S/C23H23ClN4O3.C2HF3O2/c1-13-16-4-3-5-17(24)21(16)31-19(13)12-28(2)20(29)9-6-14-10-15-7-8-18(25)23(30)27-22(15)26-11-14;3-2(4,5)1(6)7/h3-6,9-11,18H,7-8,12,25H2,1-2H3,(H,26,27,30);(H,6,7)/b9-6+;. The molecule has 0 saturated carbocycles. The number of carboxylic acid groups (broad SMARTS) is 1. The fourth-order valence-corrected chi connectivity index (χ4v) is 3.78. The number of nitrogens with one attached hydrogen (secondary N) is 1. The third-order valence-corrected chi connectivity index (χ3v) is 6.02. The Morgan fingerprint density at radius 3 is 2.68 bits per heavy atom. The van der Waals surface area contributed by atoms with Crippen molar-refractivity contribution in [3.05, 3.63) is 64.0 Å². The van der Waals surface area contributed by atoms with Gasteiger partial charge in [-0.1, -0.05) is 23.7 Å². The smallest absolute Gasteiger partial charge is 0.475 e. The Labute approximate surface area is 220 Å². The minimum absolute atomic E-state index is 0.170. The van der Waals surface area contributed by atoms with Crippen molar-refractivity contribution in [1.29, 1.82) is 0 Å². The Morgan fingerprint density at radius 2 is 2.05 bits per heavy atom. The van der Waals surface area contributed by atoms with Gasteiger partial charge in [-0.2, -0.15) is 13.2 Å². The van der Waals surface area contributed by atoms with Crippen LogP contribution in [0.2, 0.25) is 5.02 Å². The predicted molar refractivity (Wildman–Crippen MR) is 134 cm³/mol. The summed E-state index contributed by atoms with van der Waals surface area (Å²) in [5.74, 6) is -1.93. The zero-order valence-electron chi connectivity index (χ0n) is 20.3. The van der Waals surface area contributed by atoms with Crippen molar-refractivity contribution in [2.75, 3.05) is 12.4 Å². The number of rotatable bonds is 4. The molecule has 38 heavy (non-hydrogen) atoms. The van der Waals surface area contributed by atoms with Gasteiger partial charge in [0.1, 0.15) is 11.6 Å². The summed E-state index contributed by atoms with van der Waals surface area (Å²) < 4.78 is 37.6. The monoisotopic (exact) mass is 552 g/mol. The van der Waals surface area contributed by atoms with Gasteiger partial charge in [0.2, 0.25) is 11.8 Å². The Hall–Kier alpha value is -3.90. The number of halogens is 4. The molecule has 1 aliphatic heterocycles. The number of amides is 2. The summed E-state index contributed by atoms with van der Waals surface area (Å²) in [7, 11) is 1.72. The lowest BCUT2D eigenvalue weighted by atomic mass is 10.1. The topological polar surface area (TPSA) is 139 Å². The number of carbonyl (C=O) groups is 3. The molecule has 0 spiro atoms. The molecule has 4 N–H and O–H groups in total. The van der Waals surface area contributed by atoms with Crippen LogP contribution in [0.1, 0.15) is 28.9 Å². The lowest BCUT2D eigenvalue weighted by molar-refractivity contribution is -0.192. The Kier molecular flexibility index (Phi) is 8.79. The highest BCUT2D eigenvalue weighted by molar-refractivity contribution is 6.34. The van der Waals surface area contributed by atoms with Crippen LogP contribution in [-0.2, 0) is 27.3 Å². The molecule has 4 rings (SSSR count). The van der Waals surface area contributed by atoms with Gasteiger partial charge in [-0.15, -0.1) is 0 Å². The second kappa shape index (κ2) is 11.7. The van der Waals surface area contributed by atoms with Crippen molar-refractivity contribution < 1.29 is 37.1 Å². The molecule has 3 aromatic rings. The lowest BCUT2D eigenvalue weighted by Gasteiger charge is -2.14. The van der Waals surface area contributed by atoms with Crippen LogP contribution in [-0.4, -0.2) is 52.0 Å². The van der Waals surface area contributed by atoms with E-state index in [2.05, 4.69) is 10.3 Å². The van der Waals surface area contributed by atoms with Crippen LogP contribution in [0.3, 0.4) is 0 Å². The number of hydrogen-bond donors (Lipinski definition) is 3. The fraction of sp³-hybridized carbons (Fsp3) is 0.280. The Morgan fingerprint density at radius 1 is 1.37 bits per heavy atom. The van der Waals surface area contributed by atoms with E-state index in [1.54, 1.807) is 30.3 Å². The van der Waals surface area contributed by atoms with E-state index in [1.165, 1.54) is 6.08 Å². The van der Waals surface area contributed by atoms with Crippen molar-refractivity contribution in [1.82, 2.24) is 9.88 Å². The summed E-state index contributed by atoms with van der Waals surface area (Å²) in [6.45, 7) is 2.28. The molecule has 2 amide bonds. The van der Waals surface area contributed by atoms with Gasteiger partial charge in [0.25, 0.3) is 0 Å². The summed E-state index contributed by atoms with van der Waals surface area (Å²) >= 11 is 6.21. The molecule has 0 aliphatic carbocycles. The first-order valence-electron chi connectivity index (χ1n) is 11.2. The van der Waals surface area contributed by atoms with Crippen molar-refractivity contribution in [2.24, 2.45) is 5.73 Å².